The second-order valence-electron chi connectivity index (χ2n) is 6.92. The van der Waals surface area contributed by atoms with Crippen LogP contribution in [0.5, 0.6) is 0 Å². The molecule has 1 aliphatic rings. The van der Waals surface area contributed by atoms with Gasteiger partial charge in [0, 0.05) is 42.6 Å². The summed E-state index contributed by atoms with van der Waals surface area (Å²) in [4.78, 5) is 11.8. The summed E-state index contributed by atoms with van der Waals surface area (Å²) >= 11 is 2.03. The lowest BCUT2D eigenvalue weighted by Crippen LogP contribution is -2.38. The summed E-state index contributed by atoms with van der Waals surface area (Å²) in [7, 11) is 0. The number of hydrogen-bond acceptors (Lipinski definition) is 5. The zero-order valence-electron chi connectivity index (χ0n) is 13.9. The molecule has 0 spiro atoms. The van der Waals surface area contributed by atoms with Crippen LogP contribution in [0.2, 0.25) is 0 Å². The zero-order chi connectivity index (χ0) is 15.5. The zero-order valence-corrected chi connectivity index (χ0v) is 14.8. The third kappa shape index (κ3) is 4.85. The molecule has 1 N–H and O–H groups in total. The molecule has 1 aromatic rings. The van der Waals surface area contributed by atoms with Crippen LogP contribution in [0.4, 0.5) is 5.69 Å². The van der Waals surface area contributed by atoms with Crippen LogP contribution in [0.3, 0.4) is 0 Å². The van der Waals surface area contributed by atoms with Crippen LogP contribution in [0.15, 0.2) is 6.20 Å². The van der Waals surface area contributed by atoms with E-state index in [1.807, 2.05) is 18.0 Å². The Bertz CT molecular complexity index is 462. The SMILES string of the molecule is CC(C)c1ncc(N2CCSCC2)c(CNC(C)(C)C)n1. The van der Waals surface area contributed by atoms with Crippen molar-refractivity contribution < 1.29 is 0 Å². The largest absolute Gasteiger partial charge is 0.367 e. The molecule has 118 valence electrons. The summed E-state index contributed by atoms with van der Waals surface area (Å²) in [6.45, 7) is 13.8. The standard InChI is InChI=1S/C16H28N4S/c1-12(2)15-17-11-14(20-6-8-21-9-7-20)13(19-15)10-18-16(3,4)5/h11-12,18H,6-10H2,1-5H3. The molecule has 1 aromatic heterocycles. The second-order valence-corrected chi connectivity index (χ2v) is 8.14. The first-order valence-corrected chi connectivity index (χ1v) is 8.96. The summed E-state index contributed by atoms with van der Waals surface area (Å²) < 4.78 is 0. The Labute approximate surface area is 133 Å². The van der Waals surface area contributed by atoms with Gasteiger partial charge in [0.05, 0.1) is 17.6 Å². The van der Waals surface area contributed by atoms with E-state index in [-0.39, 0.29) is 5.54 Å². The van der Waals surface area contributed by atoms with Crippen molar-refractivity contribution >= 4 is 17.4 Å². The minimum absolute atomic E-state index is 0.0952. The molecule has 0 radical (unpaired) electrons. The fourth-order valence-electron chi connectivity index (χ4n) is 2.25. The maximum atomic E-state index is 4.83. The molecule has 0 saturated carbocycles. The van der Waals surface area contributed by atoms with Crippen LogP contribution in [0.1, 0.15) is 52.1 Å². The number of nitrogens with one attached hydrogen (secondary N) is 1. The highest BCUT2D eigenvalue weighted by atomic mass is 32.2. The van der Waals surface area contributed by atoms with Crippen LogP contribution in [-0.4, -0.2) is 40.1 Å². The van der Waals surface area contributed by atoms with E-state index in [1.54, 1.807) is 0 Å². The van der Waals surface area contributed by atoms with Crippen molar-refractivity contribution in [2.24, 2.45) is 0 Å². The lowest BCUT2D eigenvalue weighted by molar-refractivity contribution is 0.420. The van der Waals surface area contributed by atoms with Gasteiger partial charge in [0.1, 0.15) is 5.82 Å². The number of nitrogens with zero attached hydrogens (tertiary/aromatic N) is 3. The van der Waals surface area contributed by atoms with E-state index in [2.05, 4.69) is 49.8 Å². The van der Waals surface area contributed by atoms with Gasteiger partial charge in [0.2, 0.25) is 0 Å². The number of thioether (sulfide) groups is 1. The molecular formula is C16H28N4S. The van der Waals surface area contributed by atoms with Gasteiger partial charge in [-0.3, -0.25) is 0 Å². The van der Waals surface area contributed by atoms with Crippen LogP contribution in [-0.2, 0) is 6.54 Å². The van der Waals surface area contributed by atoms with Gasteiger partial charge in [-0.05, 0) is 20.8 Å². The molecule has 2 heterocycles. The minimum atomic E-state index is 0.0952. The average molecular weight is 308 g/mol. The van der Waals surface area contributed by atoms with E-state index in [0.717, 1.165) is 31.2 Å². The van der Waals surface area contributed by atoms with E-state index in [9.17, 15) is 0 Å². The molecule has 0 atom stereocenters. The Balaban J connectivity index is 2.24. The molecule has 0 bridgehead atoms. The highest BCUT2D eigenvalue weighted by Crippen LogP contribution is 2.24. The van der Waals surface area contributed by atoms with Gasteiger partial charge in [0.15, 0.2) is 0 Å². The van der Waals surface area contributed by atoms with Crippen LogP contribution < -0.4 is 10.2 Å². The van der Waals surface area contributed by atoms with Crippen LogP contribution in [0.25, 0.3) is 0 Å². The predicted molar refractivity (Wildman–Crippen MR) is 92.3 cm³/mol. The molecular weight excluding hydrogens is 280 g/mol. The van der Waals surface area contributed by atoms with Gasteiger partial charge in [-0.2, -0.15) is 11.8 Å². The molecule has 21 heavy (non-hydrogen) atoms. The summed E-state index contributed by atoms with van der Waals surface area (Å²) in [5.41, 5.74) is 2.43. The molecule has 2 rings (SSSR count). The Kier molecular flexibility index (Phi) is 5.49. The van der Waals surface area contributed by atoms with Gasteiger partial charge in [-0.1, -0.05) is 13.8 Å². The maximum absolute atomic E-state index is 4.83. The van der Waals surface area contributed by atoms with E-state index in [0.29, 0.717) is 5.92 Å². The van der Waals surface area contributed by atoms with Crippen LogP contribution in [0, 0.1) is 0 Å². The number of rotatable bonds is 4. The second kappa shape index (κ2) is 6.97. The summed E-state index contributed by atoms with van der Waals surface area (Å²) in [5, 5.41) is 3.56. The normalized spacial score (nSPS) is 16.6. The van der Waals surface area contributed by atoms with Crippen molar-refractivity contribution in [2.75, 3.05) is 29.5 Å². The molecule has 0 unspecified atom stereocenters. The lowest BCUT2D eigenvalue weighted by Gasteiger charge is -2.30. The number of anilines is 1. The molecule has 4 nitrogen and oxygen atoms in total. The van der Waals surface area contributed by atoms with E-state index in [4.69, 9.17) is 4.98 Å². The molecule has 0 amide bonds. The van der Waals surface area contributed by atoms with Crippen molar-refractivity contribution in [1.82, 2.24) is 15.3 Å². The van der Waals surface area contributed by atoms with Gasteiger partial charge < -0.3 is 10.2 Å². The van der Waals surface area contributed by atoms with E-state index in [1.165, 1.54) is 17.2 Å². The van der Waals surface area contributed by atoms with Crippen molar-refractivity contribution in [2.45, 2.75) is 52.6 Å². The summed E-state index contributed by atoms with van der Waals surface area (Å²) in [6.07, 6.45) is 2.03. The molecule has 1 saturated heterocycles. The first kappa shape index (κ1) is 16.6. The number of hydrogen-bond donors (Lipinski definition) is 1. The maximum Gasteiger partial charge on any atom is 0.131 e. The van der Waals surface area contributed by atoms with Crippen molar-refractivity contribution in [3.63, 3.8) is 0 Å². The number of aromatic nitrogens is 2. The Morgan fingerprint density at radius 1 is 1.29 bits per heavy atom. The van der Waals surface area contributed by atoms with Gasteiger partial charge in [-0.25, -0.2) is 9.97 Å². The Hall–Kier alpha value is -0.810. The fourth-order valence-corrected chi connectivity index (χ4v) is 3.15. The predicted octanol–water partition coefficient (Wildman–Crippen LogP) is 3.04. The highest BCUT2D eigenvalue weighted by Gasteiger charge is 2.19. The van der Waals surface area contributed by atoms with Gasteiger partial charge >= 0.3 is 0 Å². The van der Waals surface area contributed by atoms with Gasteiger partial charge in [0.25, 0.3) is 0 Å². The Morgan fingerprint density at radius 2 is 1.95 bits per heavy atom. The minimum Gasteiger partial charge on any atom is -0.367 e. The molecule has 1 aliphatic heterocycles. The average Bonchev–Trinajstić information content (AvgIpc) is 2.45. The first-order valence-electron chi connectivity index (χ1n) is 7.80. The fraction of sp³-hybridized carbons (Fsp3) is 0.750. The highest BCUT2D eigenvalue weighted by molar-refractivity contribution is 7.99. The molecule has 0 aliphatic carbocycles. The first-order chi connectivity index (χ1) is 9.87. The monoisotopic (exact) mass is 308 g/mol. The van der Waals surface area contributed by atoms with Crippen molar-refractivity contribution in [3.8, 4) is 0 Å². The third-order valence-electron chi connectivity index (χ3n) is 3.52. The molecule has 5 heteroatoms. The molecule has 1 fully saturated rings. The smallest absolute Gasteiger partial charge is 0.131 e. The topological polar surface area (TPSA) is 41.1 Å². The van der Waals surface area contributed by atoms with E-state index < -0.39 is 0 Å². The third-order valence-corrected chi connectivity index (χ3v) is 4.46. The van der Waals surface area contributed by atoms with Crippen LogP contribution >= 0.6 is 11.8 Å². The van der Waals surface area contributed by atoms with Crippen molar-refractivity contribution in [3.05, 3.63) is 17.7 Å². The van der Waals surface area contributed by atoms with Crippen molar-refractivity contribution in [1.29, 1.82) is 0 Å². The lowest BCUT2D eigenvalue weighted by atomic mass is 10.1. The van der Waals surface area contributed by atoms with E-state index >= 15 is 0 Å². The molecule has 0 aromatic carbocycles. The van der Waals surface area contributed by atoms with Gasteiger partial charge in [-0.15, -0.1) is 0 Å². The Morgan fingerprint density at radius 3 is 2.52 bits per heavy atom. The summed E-state index contributed by atoms with van der Waals surface area (Å²) in [6, 6.07) is 0. The summed E-state index contributed by atoms with van der Waals surface area (Å²) in [5.74, 6) is 3.69. The quantitative estimate of drug-likeness (QED) is 0.926.